The van der Waals surface area contributed by atoms with Crippen molar-refractivity contribution in [3.05, 3.63) is 28.6 Å². The number of benzene rings is 1. The molecule has 0 aliphatic heterocycles. The van der Waals surface area contributed by atoms with E-state index in [2.05, 4.69) is 25.3 Å². The number of thiophene rings is 1. The van der Waals surface area contributed by atoms with Gasteiger partial charge in [0.15, 0.2) is 0 Å². The van der Waals surface area contributed by atoms with Crippen molar-refractivity contribution in [1.82, 2.24) is 0 Å². The van der Waals surface area contributed by atoms with Crippen molar-refractivity contribution in [2.24, 2.45) is 0 Å². The number of hydrogen-bond donors (Lipinski definition) is 1. The molecule has 2 aromatic rings. The van der Waals surface area contributed by atoms with Crippen molar-refractivity contribution in [2.45, 2.75) is 19.8 Å². The SMILES string of the molecule is CC(C)c1csc2ccc(N)c(C#N)c12. The molecule has 0 aliphatic rings. The first-order valence-corrected chi connectivity index (χ1v) is 5.72. The van der Waals surface area contributed by atoms with Crippen molar-refractivity contribution < 1.29 is 0 Å². The molecular formula is C12H12N2S. The summed E-state index contributed by atoms with van der Waals surface area (Å²) in [5.41, 5.74) is 8.23. The average Bonchev–Trinajstić information content (AvgIpc) is 2.61. The van der Waals surface area contributed by atoms with Gasteiger partial charge in [0.25, 0.3) is 0 Å². The third-order valence-electron chi connectivity index (χ3n) is 2.53. The second-order valence-electron chi connectivity index (χ2n) is 3.86. The molecule has 0 saturated heterocycles. The Labute approximate surface area is 92.9 Å². The van der Waals surface area contributed by atoms with Gasteiger partial charge in [-0.3, -0.25) is 0 Å². The van der Waals surface area contributed by atoms with Crippen LogP contribution in [0.15, 0.2) is 17.5 Å². The van der Waals surface area contributed by atoms with Gasteiger partial charge in [-0.1, -0.05) is 13.8 Å². The van der Waals surface area contributed by atoms with E-state index >= 15 is 0 Å². The Morgan fingerprint density at radius 2 is 2.13 bits per heavy atom. The molecule has 2 N–H and O–H groups in total. The van der Waals surface area contributed by atoms with Gasteiger partial charge in [-0.05, 0) is 29.0 Å². The summed E-state index contributed by atoms with van der Waals surface area (Å²) in [5.74, 6) is 0.424. The van der Waals surface area contributed by atoms with Gasteiger partial charge in [0.05, 0.1) is 11.3 Å². The molecule has 3 heteroatoms. The van der Waals surface area contributed by atoms with Gasteiger partial charge in [0.1, 0.15) is 6.07 Å². The first-order valence-electron chi connectivity index (χ1n) is 4.84. The van der Waals surface area contributed by atoms with Gasteiger partial charge in [0.2, 0.25) is 0 Å². The lowest BCUT2D eigenvalue weighted by Gasteiger charge is -2.05. The third kappa shape index (κ3) is 1.47. The van der Waals surface area contributed by atoms with Crippen LogP contribution in [0.5, 0.6) is 0 Å². The normalized spacial score (nSPS) is 10.8. The van der Waals surface area contributed by atoms with E-state index in [9.17, 15) is 0 Å². The van der Waals surface area contributed by atoms with Crippen LogP contribution in [0, 0.1) is 11.3 Å². The minimum absolute atomic E-state index is 0.424. The highest BCUT2D eigenvalue weighted by Gasteiger charge is 2.13. The number of nitrogen functional groups attached to an aromatic ring is 1. The molecule has 76 valence electrons. The largest absolute Gasteiger partial charge is 0.398 e. The lowest BCUT2D eigenvalue weighted by Crippen LogP contribution is -1.93. The summed E-state index contributed by atoms with van der Waals surface area (Å²) in [6.45, 7) is 4.26. The van der Waals surface area contributed by atoms with Crippen LogP contribution in [0.3, 0.4) is 0 Å². The average molecular weight is 216 g/mol. The second kappa shape index (κ2) is 3.56. The molecule has 0 radical (unpaired) electrons. The predicted octanol–water partition coefficient (Wildman–Crippen LogP) is 3.48. The van der Waals surface area contributed by atoms with E-state index in [1.54, 1.807) is 11.3 Å². The van der Waals surface area contributed by atoms with Crippen LogP contribution in [0.2, 0.25) is 0 Å². The molecule has 1 heterocycles. The van der Waals surface area contributed by atoms with E-state index < -0.39 is 0 Å². The molecule has 15 heavy (non-hydrogen) atoms. The fraction of sp³-hybridized carbons (Fsp3) is 0.250. The van der Waals surface area contributed by atoms with E-state index in [1.165, 1.54) is 5.56 Å². The minimum atomic E-state index is 0.424. The summed E-state index contributed by atoms with van der Waals surface area (Å²) in [7, 11) is 0. The number of fused-ring (bicyclic) bond motifs is 1. The Hall–Kier alpha value is -1.53. The van der Waals surface area contributed by atoms with E-state index in [1.807, 2.05) is 12.1 Å². The maximum atomic E-state index is 9.12. The monoisotopic (exact) mass is 216 g/mol. The molecule has 0 spiro atoms. The Bertz CT molecular complexity index is 546. The van der Waals surface area contributed by atoms with E-state index in [0.29, 0.717) is 17.2 Å². The first kappa shape index (κ1) is 10.0. The van der Waals surface area contributed by atoms with E-state index in [4.69, 9.17) is 11.0 Å². The van der Waals surface area contributed by atoms with Gasteiger partial charge >= 0.3 is 0 Å². The van der Waals surface area contributed by atoms with Gasteiger partial charge in [-0.15, -0.1) is 11.3 Å². The van der Waals surface area contributed by atoms with Crippen LogP contribution in [-0.4, -0.2) is 0 Å². The van der Waals surface area contributed by atoms with Gasteiger partial charge in [0, 0.05) is 10.1 Å². The van der Waals surface area contributed by atoms with E-state index in [-0.39, 0.29) is 0 Å². The number of hydrogen-bond acceptors (Lipinski definition) is 3. The van der Waals surface area contributed by atoms with Crippen molar-refractivity contribution in [3.63, 3.8) is 0 Å². The number of anilines is 1. The van der Waals surface area contributed by atoms with Crippen molar-refractivity contribution >= 4 is 27.1 Å². The Kier molecular flexibility index (Phi) is 2.37. The highest BCUT2D eigenvalue weighted by Crippen LogP contribution is 2.35. The number of nitrogens with two attached hydrogens (primary N) is 1. The Balaban J connectivity index is 2.88. The summed E-state index contributed by atoms with van der Waals surface area (Å²) in [6.07, 6.45) is 0. The topological polar surface area (TPSA) is 49.8 Å². The van der Waals surface area contributed by atoms with Gasteiger partial charge in [-0.25, -0.2) is 0 Å². The van der Waals surface area contributed by atoms with Crippen LogP contribution in [-0.2, 0) is 0 Å². The summed E-state index contributed by atoms with van der Waals surface area (Å²) < 4.78 is 1.14. The predicted molar refractivity (Wildman–Crippen MR) is 65.0 cm³/mol. The number of rotatable bonds is 1. The van der Waals surface area contributed by atoms with Crippen LogP contribution in [0.25, 0.3) is 10.1 Å². The summed E-state index contributed by atoms with van der Waals surface area (Å²) in [4.78, 5) is 0. The minimum Gasteiger partial charge on any atom is -0.398 e. The molecule has 0 unspecified atom stereocenters. The molecule has 2 rings (SSSR count). The molecular weight excluding hydrogens is 204 g/mol. The second-order valence-corrected chi connectivity index (χ2v) is 4.77. The summed E-state index contributed by atoms with van der Waals surface area (Å²) >= 11 is 1.67. The zero-order valence-electron chi connectivity index (χ0n) is 8.74. The fourth-order valence-corrected chi connectivity index (χ4v) is 2.84. The van der Waals surface area contributed by atoms with Crippen molar-refractivity contribution in [2.75, 3.05) is 5.73 Å². The molecule has 0 amide bonds. The standard InChI is InChI=1S/C12H12N2S/c1-7(2)9-6-15-11-4-3-10(14)8(5-13)12(9)11/h3-4,6-7H,14H2,1-2H3. The van der Waals surface area contributed by atoms with Crippen LogP contribution in [0.1, 0.15) is 30.9 Å². The lowest BCUT2D eigenvalue weighted by molar-refractivity contribution is 0.880. The molecule has 0 atom stereocenters. The molecule has 0 aliphatic carbocycles. The highest BCUT2D eigenvalue weighted by atomic mass is 32.1. The van der Waals surface area contributed by atoms with Gasteiger partial charge < -0.3 is 5.73 Å². The summed E-state index contributed by atoms with van der Waals surface area (Å²) in [5, 5.41) is 12.3. The third-order valence-corrected chi connectivity index (χ3v) is 3.50. The molecule has 0 saturated carbocycles. The smallest absolute Gasteiger partial charge is 0.102 e. The molecule has 0 fully saturated rings. The number of nitriles is 1. The zero-order chi connectivity index (χ0) is 11.0. The van der Waals surface area contributed by atoms with Crippen LogP contribution in [0.4, 0.5) is 5.69 Å². The van der Waals surface area contributed by atoms with Crippen molar-refractivity contribution in [3.8, 4) is 6.07 Å². The van der Waals surface area contributed by atoms with Crippen LogP contribution >= 0.6 is 11.3 Å². The lowest BCUT2D eigenvalue weighted by atomic mass is 9.98. The molecule has 1 aromatic carbocycles. The number of nitrogens with zero attached hydrogens (tertiary/aromatic N) is 1. The maximum Gasteiger partial charge on any atom is 0.102 e. The quantitative estimate of drug-likeness (QED) is 0.742. The van der Waals surface area contributed by atoms with Crippen LogP contribution < -0.4 is 5.73 Å². The first-order chi connectivity index (χ1) is 7.15. The van der Waals surface area contributed by atoms with E-state index in [0.717, 1.165) is 10.1 Å². The van der Waals surface area contributed by atoms with Crippen molar-refractivity contribution in [1.29, 1.82) is 5.26 Å². The molecule has 1 aromatic heterocycles. The zero-order valence-corrected chi connectivity index (χ0v) is 9.56. The molecule has 0 bridgehead atoms. The highest BCUT2D eigenvalue weighted by molar-refractivity contribution is 7.17. The fourth-order valence-electron chi connectivity index (χ4n) is 1.72. The summed E-state index contributed by atoms with van der Waals surface area (Å²) in [6, 6.07) is 6.00. The van der Waals surface area contributed by atoms with Gasteiger partial charge in [-0.2, -0.15) is 5.26 Å². The maximum absolute atomic E-state index is 9.12. The Morgan fingerprint density at radius 1 is 1.40 bits per heavy atom. The Morgan fingerprint density at radius 3 is 2.73 bits per heavy atom. The molecule has 2 nitrogen and oxygen atoms in total.